The summed E-state index contributed by atoms with van der Waals surface area (Å²) in [7, 11) is 0. The lowest BCUT2D eigenvalue weighted by molar-refractivity contribution is -0.145. The first-order valence-electron chi connectivity index (χ1n) is 13.6. The third kappa shape index (κ3) is 8.97. The Balaban J connectivity index is 1.50. The van der Waals surface area contributed by atoms with Crippen LogP contribution in [0.1, 0.15) is 60.3 Å². The van der Waals surface area contributed by atoms with Crippen molar-refractivity contribution in [3.63, 3.8) is 0 Å². The molecule has 3 saturated heterocycles. The van der Waals surface area contributed by atoms with Gasteiger partial charge in [-0.15, -0.1) is 0 Å². The molecule has 1 spiro atoms. The monoisotopic (exact) mass is 549 g/mol. The van der Waals surface area contributed by atoms with Crippen molar-refractivity contribution in [2.75, 3.05) is 6.61 Å². The van der Waals surface area contributed by atoms with Crippen LogP contribution in [0.25, 0.3) is 0 Å². The molecule has 3 aliphatic rings. The number of epoxide rings is 1. The van der Waals surface area contributed by atoms with E-state index in [0.717, 1.165) is 12.0 Å². The van der Waals surface area contributed by atoms with Crippen LogP contribution in [0, 0.1) is 5.92 Å². The van der Waals surface area contributed by atoms with Gasteiger partial charge in [0.15, 0.2) is 0 Å². The number of allylic oxidation sites excluding steroid dienone is 2. The Kier molecular flexibility index (Phi) is 10.9. The molecule has 9 atom stereocenters. The van der Waals surface area contributed by atoms with Gasteiger partial charge in [-0.2, -0.15) is 0 Å². The third-order valence-corrected chi connectivity index (χ3v) is 7.50. The Morgan fingerprint density at radius 2 is 1.92 bits per heavy atom. The summed E-state index contributed by atoms with van der Waals surface area (Å²) in [6.45, 7) is 9.48. The maximum absolute atomic E-state index is 12.3. The van der Waals surface area contributed by atoms with Crippen molar-refractivity contribution in [1.82, 2.24) is 10.7 Å². The predicted molar refractivity (Wildman–Crippen MR) is 143 cm³/mol. The topological polar surface area (TPSA) is 162 Å². The van der Waals surface area contributed by atoms with Gasteiger partial charge in [0.1, 0.15) is 23.9 Å². The molecule has 11 heteroatoms. The van der Waals surface area contributed by atoms with Crippen LogP contribution < -0.4 is 16.6 Å². The summed E-state index contributed by atoms with van der Waals surface area (Å²) < 4.78 is 22.8. The largest absolute Gasteiger partial charge is 0.459 e. The van der Waals surface area contributed by atoms with Crippen LogP contribution in [0.5, 0.6) is 0 Å². The van der Waals surface area contributed by atoms with Gasteiger partial charge in [-0.1, -0.05) is 30.7 Å². The molecule has 0 bridgehead atoms. The highest BCUT2D eigenvalue weighted by Crippen LogP contribution is 2.43. The average Bonchev–Trinajstić information content (AvgIpc) is 3.64. The zero-order valence-electron chi connectivity index (χ0n) is 23.4. The van der Waals surface area contributed by atoms with E-state index in [4.69, 9.17) is 24.8 Å². The van der Waals surface area contributed by atoms with Crippen molar-refractivity contribution in [1.29, 1.82) is 0 Å². The van der Waals surface area contributed by atoms with Gasteiger partial charge in [0.05, 0.1) is 37.4 Å². The number of ether oxygens (including phenoxy) is 4. The van der Waals surface area contributed by atoms with E-state index in [1.807, 2.05) is 26.0 Å². The second-order valence-corrected chi connectivity index (χ2v) is 10.9. The van der Waals surface area contributed by atoms with Crippen molar-refractivity contribution < 1.29 is 38.4 Å². The number of hydrogen-bond donors (Lipinski definition) is 4. The molecule has 0 aromatic rings. The van der Waals surface area contributed by atoms with E-state index in [1.54, 1.807) is 13.0 Å². The van der Waals surface area contributed by atoms with E-state index in [0.29, 0.717) is 19.4 Å². The molecular formula is C28H43N3O8. The highest BCUT2D eigenvalue weighted by Gasteiger charge is 2.58. The number of esters is 1. The number of amides is 2. The van der Waals surface area contributed by atoms with Crippen LogP contribution in [0.3, 0.4) is 0 Å². The number of aliphatic hydroxyl groups excluding tert-OH is 1. The summed E-state index contributed by atoms with van der Waals surface area (Å²) in [5.41, 5.74) is 2.45. The molecule has 0 aromatic heterocycles. The van der Waals surface area contributed by atoms with E-state index >= 15 is 0 Å². The number of rotatable bonds is 10. The predicted octanol–water partition coefficient (Wildman–Crippen LogP) is 1.35. The van der Waals surface area contributed by atoms with Crippen molar-refractivity contribution >= 4 is 17.8 Å². The van der Waals surface area contributed by atoms with Crippen LogP contribution in [0.2, 0.25) is 0 Å². The molecule has 0 aromatic carbocycles. The Bertz CT molecular complexity index is 976. The summed E-state index contributed by atoms with van der Waals surface area (Å²) in [4.78, 5) is 35.1. The average molecular weight is 550 g/mol. The normalized spacial score (nSPS) is 35.7. The minimum absolute atomic E-state index is 0.00478. The van der Waals surface area contributed by atoms with E-state index < -0.39 is 36.0 Å². The van der Waals surface area contributed by atoms with Gasteiger partial charge in [-0.05, 0) is 45.6 Å². The van der Waals surface area contributed by atoms with Gasteiger partial charge >= 0.3 is 5.97 Å². The Hall–Kier alpha value is -2.57. The minimum atomic E-state index is -0.812. The van der Waals surface area contributed by atoms with Gasteiger partial charge in [0.25, 0.3) is 0 Å². The van der Waals surface area contributed by atoms with Crippen molar-refractivity contribution in [3.8, 4) is 0 Å². The van der Waals surface area contributed by atoms with Crippen LogP contribution in [0.15, 0.2) is 36.0 Å². The fourth-order valence-electron chi connectivity index (χ4n) is 5.15. The van der Waals surface area contributed by atoms with Gasteiger partial charge in [0.2, 0.25) is 11.8 Å². The summed E-state index contributed by atoms with van der Waals surface area (Å²) in [6.07, 6.45) is 8.30. The zero-order chi connectivity index (χ0) is 28.7. The Morgan fingerprint density at radius 3 is 2.56 bits per heavy atom. The molecule has 0 aliphatic carbocycles. The molecule has 0 unspecified atom stereocenters. The number of aliphatic hydroxyl groups is 1. The number of nitrogens with two attached hydrogens (primary N) is 1. The molecule has 2 amide bonds. The lowest BCUT2D eigenvalue weighted by Crippen LogP contribution is -2.51. The number of nitrogens with one attached hydrogen (secondary N) is 2. The van der Waals surface area contributed by atoms with Gasteiger partial charge in [0, 0.05) is 19.4 Å². The highest BCUT2D eigenvalue weighted by atomic mass is 16.6. The Morgan fingerprint density at radius 1 is 1.21 bits per heavy atom. The molecule has 11 nitrogen and oxygen atoms in total. The first-order valence-corrected chi connectivity index (χ1v) is 13.6. The molecule has 3 rings (SSSR count). The fraction of sp³-hybridized carbons (Fsp3) is 0.679. The third-order valence-electron chi connectivity index (χ3n) is 7.50. The fourth-order valence-corrected chi connectivity index (χ4v) is 5.15. The summed E-state index contributed by atoms with van der Waals surface area (Å²) in [5, 5.41) is 13.7. The molecule has 3 aliphatic heterocycles. The molecule has 0 saturated carbocycles. The van der Waals surface area contributed by atoms with Crippen LogP contribution >= 0.6 is 0 Å². The SMILES string of the molecule is CC(=O)O[C@@H](C)C=CC(=O)N[C@@H]1C[C@H](C)[C@H](CC=C(C)C=C[C@H]2O[C@H](CC(=O)NN)C[C@@]3(CO3)[C@@H]2O)O[C@@H]1C. The second kappa shape index (κ2) is 13.7. The van der Waals surface area contributed by atoms with Crippen molar-refractivity contribution in [2.45, 2.75) is 109 Å². The number of hydrazine groups is 1. The smallest absolute Gasteiger partial charge is 0.303 e. The number of hydrogen-bond acceptors (Lipinski definition) is 9. The van der Waals surface area contributed by atoms with Crippen LogP contribution in [0.4, 0.5) is 0 Å². The molecular weight excluding hydrogens is 506 g/mol. The number of carbonyl (C=O) groups is 3. The molecule has 39 heavy (non-hydrogen) atoms. The molecule has 3 heterocycles. The van der Waals surface area contributed by atoms with Gasteiger partial charge in [-0.25, -0.2) is 5.84 Å². The molecule has 3 fully saturated rings. The summed E-state index contributed by atoms with van der Waals surface area (Å²) in [6, 6.07) is -0.126. The van der Waals surface area contributed by atoms with Crippen LogP contribution in [-0.2, 0) is 33.3 Å². The van der Waals surface area contributed by atoms with Crippen molar-refractivity contribution in [2.24, 2.45) is 11.8 Å². The highest BCUT2D eigenvalue weighted by molar-refractivity contribution is 5.87. The maximum Gasteiger partial charge on any atom is 0.303 e. The molecule has 0 radical (unpaired) electrons. The standard InChI is InChI=1S/C28H43N3O8/c1-16(7-10-24-27(35)28(15-36-28)14-21(39-24)13-26(34)31-29)6-9-23-17(2)12-22(19(4)38-23)30-25(33)11-8-18(3)37-20(5)32/h6-8,10-11,17-19,21-24,27,35H,9,12-15,29H2,1-5H3,(H,30,33)(H,31,34)/t17-,18-,19+,21+,22+,23-,24+,27+,28+/m0/s1. The van der Waals surface area contributed by atoms with Gasteiger partial charge in [-0.3, -0.25) is 19.8 Å². The molecule has 5 N–H and O–H groups in total. The first kappa shape index (κ1) is 31.0. The quantitative estimate of drug-likeness (QED) is 0.0599. The van der Waals surface area contributed by atoms with Crippen LogP contribution in [-0.4, -0.2) is 77.8 Å². The Labute approximate surface area is 230 Å². The van der Waals surface area contributed by atoms with Crippen molar-refractivity contribution in [3.05, 3.63) is 36.0 Å². The lowest BCUT2D eigenvalue weighted by Gasteiger charge is -2.39. The van der Waals surface area contributed by atoms with Gasteiger partial charge < -0.3 is 29.4 Å². The number of carbonyl (C=O) groups excluding carboxylic acids is 3. The molecule has 218 valence electrons. The minimum Gasteiger partial charge on any atom is -0.459 e. The van der Waals surface area contributed by atoms with E-state index in [1.165, 1.54) is 13.0 Å². The van der Waals surface area contributed by atoms with E-state index in [-0.39, 0.29) is 42.4 Å². The zero-order valence-corrected chi connectivity index (χ0v) is 23.4. The maximum atomic E-state index is 12.3. The van der Waals surface area contributed by atoms with E-state index in [2.05, 4.69) is 23.7 Å². The summed E-state index contributed by atoms with van der Waals surface area (Å²) >= 11 is 0. The first-order chi connectivity index (χ1) is 18.4. The lowest BCUT2D eigenvalue weighted by atomic mass is 9.87. The summed E-state index contributed by atoms with van der Waals surface area (Å²) in [5.74, 6) is 4.45. The van der Waals surface area contributed by atoms with E-state index in [9.17, 15) is 19.5 Å². The second-order valence-electron chi connectivity index (χ2n) is 10.9.